The molecule has 286 valence electrons. The smallest absolute Gasteiger partial charge is 0.325 e. The van der Waals surface area contributed by atoms with Crippen molar-refractivity contribution in [2.45, 2.75) is 133 Å². The van der Waals surface area contributed by atoms with Crippen LogP contribution in [-0.4, -0.2) is 39.0 Å². The number of carbonyl (C=O) groups is 1. The van der Waals surface area contributed by atoms with Gasteiger partial charge in [-0.25, -0.2) is 4.98 Å². The summed E-state index contributed by atoms with van der Waals surface area (Å²) in [6.07, 6.45) is 20.7. The summed E-state index contributed by atoms with van der Waals surface area (Å²) in [5.41, 5.74) is 5.43. The molecule has 3 aromatic carbocycles. The minimum Gasteiger partial charge on any atom is -0.386 e. The average molecular weight is 766 g/mol. The molecule has 0 bridgehead atoms. The molecule has 1 N–H and O–H groups in total. The number of aryl methyl sites for hydroxylation is 1. The van der Waals surface area contributed by atoms with E-state index in [9.17, 15) is 9.90 Å². The van der Waals surface area contributed by atoms with Crippen molar-refractivity contribution in [3.05, 3.63) is 112 Å². The quantitative estimate of drug-likeness (QED) is 0.122. The molecule has 1 atom stereocenters. The Kier molecular flexibility index (Phi) is 12.8. The second-order valence-corrected chi connectivity index (χ2v) is 18.3. The van der Waals surface area contributed by atoms with Crippen LogP contribution in [-0.2, 0) is 21.7 Å². The van der Waals surface area contributed by atoms with E-state index in [0.717, 1.165) is 84.8 Å². The SMILES string of the molecule is CC(C)(O)c1ccccc1CC[C@@H](SCC1(CC(=O)ON(C2CCCCC2)C2CCCCC2)CC1)c1cccc(C=Cc2ccc3ccc(Cl)cc3n2)c1. The second-order valence-electron chi connectivity index (χ2n) is 16.7. The molecular weight excluding hydrogens is 708 g/mol. The van der Waals surface area contributed by atoms with E-state index in [-0.39, 0.29) is 16.6 Å². The first-order valence-electron chi connectivity index (χ1n) is 20.4. The molecular formula is C47H57ClN2O3S. The van der Waals surface area contributed by atoms with Crippen LogP contribution in [0, 0.1) is 5.41 Å². The van der Waals surface area contributed by atoms with Crippen LogP contribution in [0.25, 0.3) is 23.1 Å². The minimum absolute atomic E-state index is 0.00203. The Balaban J connectivity index is 1.06. The van der Waals surface area contributed by atoms with Crippen LogP contribution in [0.15, 0.2) is 78.9 Å². The Morgan fingerprint density at radius 2 is 1.63 bits per heavy atom. The molecule has 3 aliphatic carbocycles. The third kappa shape index (κ3) is 10.4. The number of carbonyl (C=O) groups excluding carboxylic acids is 1. The Morgan fingerprint density at radius 1 is 0.926 bits per heavy atom. The lowest BCUT2D eigenvalue weighted by Gasteiger charge is -2.39. The van der Waals surface area contributed by atoms with E-state index in [4.69, 9.17) is 21.4 Å². The molecule has 7 heteroatoms. The van der Waals surface area contributed by atoms with Gasteiger partial charge in [0.05, 0.1) is 23.2 Å². The maximum atomic E-state index is 13.8. The van der Waals surface area contributed by atoms with Crippen LogP contribution in [0.3, 0.4) is 0 Å². The van der Waals surface area contributed by atoms with Crippen molar-refractivity contribution in [3.8, 4) is 0 Å². The molecule has 0 amide bonds. The molecule has 0 spiro atoms. The van der Waals surface area contributed by atoms with Gasteiger partial charge in [-0.2, -0.15) is 11.8 Å². The van der Waals surface area contributed by atoms with Crippen molar-refractivity contribution in [2.24, 2.45) is 5.41 Å². The van der Waals surface area contributed by atoms with Crippen LogP contribution in [0.1, 0.15) is 137 Å². The van der Waals surface area contributed by atoms with Crippen LogP contribution in [0.4, 0.5) is 0 Å². The average Bonchev–Trinajstić information content (AvgIpc) is 3.95. The third-order valence-electron chi connectivity index (χ3n) is 11.9. The summed E-state index contributed by atoms with van der Waals surface area (Å²) in [7, 11) is 0. The molecule has 0 unspecified atom stereocenters. The van der Waals surface area contributed by atoms with Gasteiger partial charge in [-0.05, 0) is 117 Å². The molecule has 1 heterocycles. The van der Waals surface area contributed by atoms with E-state index in [1.165, 1.54) is 49.7 Å². The van der Waals surface area contributed by atoms with E-state index in [1.54, 1.807) is 0 Å². The minimum atomic E-state index is -0.909. The number of hydrogen-bond acceptors (Lipinski definition) is 6. The standard InChI is InChI=1S/C47H57ClN2O3S/c1-46(2,52)42-19-10-9-13-35(42)23-27-44(37-14-11-12-34(30-37)20-25-39-26-22-36-21-24-38(48)31-43(36)49-39)54-33-47(28-29-47)32-45(51)53-50(40-15-5-3-6-16-40)41-17-7-4-8-18-41/h9-14,19-22,24-26,30-31,40-41,44,52H,3-8,15-18,23,27-29,32-33H2,1-2H3/t44-/m1/s1. The molecule has 5 nitrogen and oxygen atoms in total. The zero-order chi connectivity index (χ0) is 37.5. The van der Waals surface area contributed by atoms with Crippen molar-refractivity contribution in [1.82, 2.24) is 10.0 Å². The predicted octanol–water partition coefficient (Wildman–Crippen LogP) is 12.3. The van der Waals surface area contributed by atoms with E-state index in [2.05, 4.69) is 59.7 Å². The van der Waals surface area contributed by atoms with Crippen molar-refractivity contribution < 1.29 is 14.7 Å². The highest BCUT2D eigenvalue weighted by Crippen LogP contribution is 2.54. The summed E-state index contributed by atoms with van der Waals surface area (Å²) >= 11 is 8.24. The molecule has 4 aromatic rings. The van der Waals surface area contributed by atoms with Gasteiger partial charge in [-0.15, -0.1) is 5.06 Å². The van der Waals surface area contributed by atoms with Gasteiger partial charge in [0.15, 0.2) is 0 Å². The van der Waals surface area contributed by atoms with Crippen molar-refractivity contribution in [3.63, 3.8) is 0 Å². The molecule has 0 saturated heterocycles. The van der Waals surface area contributed by atoms with E-state index in [1.807, 2.05) is 62.0 Å². The molecule has 54 heavy (non-hydrogen) atoms. The zero-order valence-electron chi connectivity index (χ0n) is 32.2. The topological polar surface area (TPSA) is 62.7 Å². The maximum Gasteiger partial charge on any atom is 0.325 e. The Labute approximate surface area is 331 Å². The molecule has 3 saturated carbocycles. The van der Waals surface area contributed by atoms with Gasteiger partial charge in [0.1, 0.15) is 0 Å². The van der Waals surface area contributed by atoms with Crippen molar-refractivity contribution in [1.29, 1.82) is 0 Å². The Hall–Kier alpha value is -3.16. The molecule has 0 radical (unpaired) electrons. The van der Waals surface area contributed by atoms with Crippen LogP contribution in [0.5, 0.6) is 0 Å². The number of aromatic nitrogens is 1. The molecule has 0 aliphatic heterocycles. The fraction of sp³-hybridized carbons (Fsp3) is 0.489. The lowest BCUT2D eigenvalue weighted by atomic mass is 9.90. The highest BCUT2D eigenvalue weighted by molar-refractivity contribution is 7.99. The number of nitrogens with zero attached hydrogens (tertiary/aromatic N) is 2. The van der Waals surface area contributed by atoms with Gasteiger partial charge in [-0.3, -0.25) is 4.79 Å². The number of hydroxylamine groups is 2. The van der Waals surface area contributed by atoms with Crippen LogP contribution >= 0.6 is 23.4 Å². The number of pyridine rings is 1. The number of benzene rings is 3. The summed E-state index contributed by atoms with van der Waals surface area (Å²) in [6.45, 7) is 3.74. The van der Waals surface area contributed by atoms with Crippen LogP contribution < -0.4 is 0 Å². The summed E-state index contributed by atoms with van der Waals surface area (Å²) in [6, 6.07) is 27.8. The largest absolute Gasteiger partial charge is 0.386 e. The maximum absolute atomic E-state index is 13.8. The molecule has 3 aliphatic rings. The molecule has 3 fully saturated rings. The van der Waals surface area contributed by atoms with E-state index < -0.39 is 5.60 Å². The number of aliphatic hydroxyl groups is 1. The summed E-state index contributed by atoms with van der Waals surface area (Å²) in [5, 5.41) is 15.1. The van der Waals surface area contributed by atoms with Gasteiger partial charge in [-0.1, -0.05) is 117 Å². The summed E-state index contributed by atoms with van der Waals surface area (Å²) in [4.78, 5) is 25.0. The van der Waals surface area contributed by atoms with Gasteiger partial charge in [0.2, 0.25) is 0 Å². The number of fused-ring (bicyclic) bond motifs is 1. The molecule has 1 aromatic heterocycles. The fourth-order valence-electron chi connectivity index (χ4n) is 8.61. The fourth-order valence-corrected chi connectivity index (χ4v) is 10.3. The van der Waals surface area contributed by atoms with Gasteiger partial charge < -0.3 is 9.94 Å². The predicted molar refractivity (Wildman–Crippen MR) is 225 cm³/mol. The second kappa shape index (κ2) is 17.7. The highest BCUT2D eigenvalue weighted by Gasteiger charge is 2.46. The number of rotatable bonds is 15. The van der Waals surface area contributed by atoms with Crippen molar-refractivity contribution in [2.75, 3.05) is 5.75 Å². The Bertz CT molecular complexity index is 1890. The normalized spacial score (nSPS) is 18.7. The Morgan fingerprint density at radius 3 is 2.33 bits per heavy atom. The zero-order valence-corrected chi connectivity index (χ0v) is 33.7. The summed E-state index contributed by atoms with van der Waals surface area (Å²) in [5.74, 6) is 0.896. The number of thioether (sulfide) groups is 1. The van der Waals surface area contributed by atoms with E-state index >= 15 is 0 Å². The molecule has 7 rings (SSSR count). The number of hydrogen-bond donors (Lipinski definition) is 1. The van der Waals surface area contributed by atoms with Gasteiger partial charge in [0, 0.05) is 33.5 Å². The third-order valence-corrected chi connectivity index (χ3v) is 13.8. The lowest BCUT2D eigenvalue weighted by Crippen LogP contribution is -2.46. The van der Waals surface area contributed by atoms with Gasteiger partial charge in [0.25, 0.3) is 0 Å². The first kappa shape index (κ1) is 39.1. The first-order chi connectivity index (χ1) is 26.1. The first-order valence-corrected chi connectivity index (χ1v) is 21.8. The van der Waals surface area contributed by atoms with E-state index in [0.29, 0.717) is 23.5 Å². The summed E-state index contributed by atoms with van der Waals surface area (Å²) < 4.78 is 0. The monoisotopic (exact) mass is 764 g/mol. The number of halogens is 1. The van der Waals surface area contributed by atoms with Gasteiger partial charge >= 0.3 is 5.97 Å². The highest BCUT2D eigenvalue weighted by atomic mass is 35.5. The lowest BCUT2D eigenvalue weighted by molar-refractivity contribution is -0.224. The van der Waals surface area contributed by atoms with Crippen LogP contribution in [0.2, 0.25) is 5.02 Å². The van der Waals surface area contributed by atoms with Crippen molar-refractivity contribution >= 4 is 52.4 Å².